The summed E-state index contributed by atoms with van der Waals surface area (Å²) >= 11 is -1.57. The first-order chi connectivity index (χ1) is 37.3. The Hall–Kier alpha value is -5.25. The number of carbonyl (C=O) groups is 2. The molecular formula is C64H111N7O13S. The molecule has 21 atom stereocenters. The zero-order valence-electron chi connectivity index (χ0n) is 47.2. The highest BCUT2D eigenvalue weighted by Crippen LogP contribution is 2.39. The molecule has 2 saturated carbocycles. The second-order valence-corrected chi connectivity index (χ2v) is 22.7. The van der Waals surface area contributed by atoms with Gasteiger partial charge in [-0.1, -0.05) is 152 Å². The van der Waals surface area contributed by atoms with Crippen molar-refractivity contribution in [3.05, 3.63) is 143 Å². The SMILES string of the molecule is C.C.C.C.C.C.C=C[C@@H]1CC(C)=C[C@@H]2N[C@H]12.C=C[C@@H]1CC(C)=C[C@H](N=[N+]=[N-])[C@H]1C.C=C[C@@H]1CC(C)=C[C@H](N=[N+]=[N-])[C@H]1O.C=C[C@@H]1CC(C)=C[C@H]2OS(=O)O[C@@H]12.C=C[C@@H]1C[C@](O)(C(=O)OC)C[C@@H](C)[C@H]1O.C=C[C@@H]1C[C@](O)(C(=O)OC)C[C@@H](O)[C@H]1O. The molecule has 8 aliphatic rings. The van der Waals surface area contributed by atoms with E-state index in [0.29, 0.717) is 23.8 Å². The van der Waals surface area contributed by atoms with Crippen LogP contribution in [0.1, 0.15) is 137 Å². The first kappa shape index (κ1) is 86.2. The minimum Gasteiger partial charge on any atom is -0.467 e. The standard InChI is InChI=1S/C11H18O4.C10H15N3.C10H16O5.C9H13N3O.C9H13N.C9H12O3S.6CH4/c1-4-8-6-11(14,10(13)15-3)5-7(2)9(8)12;1-4-9-5-7(2)6-10(8(9)3)12-13-11;1-3-6-4-10(14,9(13)15-2)5-7(11)8(6)12;1-3-7-4-6(2)5-8(9(7)13)11-12-10;1-3-7-4-6(2)5-8-9(7)10-8;1-3-7-4-6(2)5-8-9(7)12-13(10)11-8;;;;;;/h4,7-9,12,14H,1,5-6H2,2-3H3;4,6,8-10H,1,5H2,2-3H3;3,6-8,11-12,14H,1,4-5H2,2H3;3,5,7-9,13H,1,4H2,2H3;3,5,7-10H,1,4H2,2H3;3,5,7-9H,1,4H2,2H3;6*1H4/t7-,8-,9-,11+;8-,9+,10-;6-,7-,8+,10-;7-,8+,9+;7-,8+,9-;7-,8-,9+,13?;;;;;;/m101111....../s1. The summed E-state index contributed by atoms with van der Waals surface area (Å²) in [4.78, 5) is 28.3. The third-order valence-electron chi connectivity index (χ3n) is 15.8. The molecule has 0 spiro atoms. The van der Waals surface area contributed by atoms with Crippen LogP contribution in [0.5, 0.6) is 0 Å². The zero-order chi connectivity index (χ0) is 59.5. The minimum atomic E-state index is -1.73. The topological polar surface area (TPSA) is 329 Å². The minimum absolute atomic E-state index is 0. The molecule has 7 N–H and O–H groups in total. The van der Waals surface area contributed by atoms with E-state index < -0.39 is 70.9 Å². The summed E-state index contributed by atoms with van der Waals surface area (Å²) in [7, 11) is 2.42. The number of nitrogens with zero attached hydrogens (tertiary/aromatic N) is 6. The number of azide groups is 2. The third-order valence-corrected chi connectivity index (χ3v) is 16.6. The van der Waals surface area contributed by atoms with E-state index in [9.17, 15) is 44.4 Å². The number of hydrogen-bond acceptors (Lipinski definition) is 16. The Morgan fingerprint density at radius 3 is 1.49 bits per heavy atom. The summed E-state index contributed by atoms with van der Waals surface area (Å²) in [6, 6.07) is 0.960. The fourth-order valence-electron chi connectivity index (χ4n) is 11.2. The number of aliphatic hydroxyl groups is 6. The van der Waals surface area contributed by atoms with Crippen LogP contribution in [0.3, 0.4) is 0 Å². The Kier molecular flexibility index (Phi) is 40.8. The number of methoxy groups -OCH3 is 2. The van der Waals surface area contributed by atoms with Gasteiger partial charge >= 0.3 is 23.3 Å². The van der Waals surface area contributed by atoms with E-state index in [1.807, 2.05) is 38.2 Å². The molecule has 0 amide bonds. The smallest absolute Gasteiger partial charge is 0.337 e. The van der Waals surface area contributed by atoms with Crippen LogP contribution in [0.25, 0.3) is 20.9 Å². The molecule has 2 saturated heterocycles. The van der Waals surface area contributed by atoms with Gasteiger partial charge in [0.25, 0.3) is 0 Å². The monoisotopic (exact) mass is 1220 g/mol. The Balaban J connectivity index is -0.000000458. The number of allylic oxidation sites excluding steroid dienone is 5. The van der Waals surface area contributed by atoms with E-state index >= 15 is 0 Å². The average molecular weight is 1220 g/mol. The van der Waals surface area contributed by atoms with E-state index in [2.05, 4.69) is 113 Å². The lowest BCUT2D eigenvalue weighted by Crippen LogP contribution is -2.53. The van der Waals surface area contributed by atoms with Gasteiger partial charge in [-0.05, 0) is 107 Å². The highest BCUT2D eigenvalue weighted by Gasteiger charge is 2.49. The maximum Gasteiger partial charge on any atom is 0.337 e. The molecule has 0 bridgehead atoms. The number of esters is 2. The first-order valence-corrected chi connectivity index (χ1v) is 27.7. The molecule has 0 aromatic heterocycles. The Labute approximate surface area is 513 Å². The molecule has 2 aliphatic heterocycles. The molecule has 0 radical (unpaired) electrons. The van der Waals surface area contributed by atoms with Gasteiger partial charge in [0.05, 0.1) is 50.7 Å². The molecule has 0 aromatic carbocycles. The molecule has 85 heavy (non-hydrogen) atoms. The summed E-state index contributed by atoms with van der Waals surface area (Å²) in [5.41, 5.74) is 18.6. The lowest BCUT2D eigenvalue weighted by Gasteiger charge is -2.40. The second-order valence-electron chi connectivity index (χ2n) is 21.9. The molecule has 20 nitrogen and oxygen atoms in total. The molecular weight excluding hydrogens is 1110 g/mol. The largest absolute Gasteiger partial charge is 0.467 e. The van der Waals surface area contributed by atoms with Crippen molar-refractivity contribution in [2.24, 2.45) is 57.6 Å². The normalized spacial score (nSPS) is 36.4. The first-order valence-electron chi connectivity index (χ1n) is 26.7. The zero-order valence-corrected chi connectivity index (χ0v) is 48.0. The van der Waals surface area contributed by atoms with Gasteiger partial charge in [-0.3, -0.25) is 8.37 Å². The summed E-state index contributed by atoms with van der Waals surface area (Å²) in [5.74, 6) is -0.621. The van der Waals surface area contributed by atoms with Crippen LogP contribution in [0, 0.1) is 47.3 Å². The van der Waals surface area contributed by atoms with Crippen LogP contribution >= 0.6 is 0 Å². The fourth-order valence-corrected chi connectivity index (χ4v) is 12.0. The molecule has 8 rings (SSSR count). The fraction of sp³-hybridized carbons (Fsp3) is 0.656. The van der Waals surface area contributed by atoms with Crippen LogP contribution in [-0.2, 0) is 38.8 Å². The molecule has 486 valence electrons. The number of carbonyl (C=O) groups excluding carboxylic acids is 2. The molecule has 0 aromatic rings. The van der Waals surface area contributed by atoms with Crippen molar-refractivity contribution < 1.29 is 62.3 Å². The number of rotatable bonds is 10. The molecule has 6 aliphatic carbocycles. The summed E-state index contributed by atoms with van der Waals surface area (Å²) in [6.07, 6.45) is 19.4. The lowest BCUT2D eigenvalue weighted by molar-refractivity contribution is -0.179. The van der Waals surface area contributed by atoms with Crippen molar-refractivity contribution in [2.75, 3.05) is 14.2 Å². The second kappa shape index (κ2) is 40.3. The third kappa shape index (κ3) is 24.1. The van der Waals surface area contributed by atoms with Gasteiger partial charge in [-0.15, -0.1) is 39.5 Å². The summed E-state index contributed by atoms with van der Waals surface area (Å²) in [5, 5.41) is 69.3. The van der Waals surface area contributed by atoms with E-state index in [4.69, 9.17) is 19.4 Å². The van der Waals surface area contributed by atoms with E-state index in [0.717, 1.165) is 30.9 Å². The average Bonchev–Trinajstić information content (AvgIpc) is 4.11. The van der Waals surface area contributed by atoms with Gasteiger partial charge in [-0.25, -0.2) is 9.59 Å². The summed E-state index contributed by atoms with van der Waals surface area (Å²) < 4.78 is 30.2. The van der Waals surface area contributed by atoms with Crippen molar-refractivity contribution in [3.8, 4) is 0 Å². The van der Waals surface area contributed by atoms with Crippen LogP contribution in [0.15, 0.2) is 133 Å². The highest BCUT2D eigenvalue weighted by molar-refractivity contribution is 7.75. The van der Waals surface area contributed by atoms with E-state index in [1.165, 1.54) is 43.4 Å². The van der Waals surface area contributed by atoms with Gasteiger partial charge in [0.1, 0.15) is 12.2 Å². The highest BCUT2D eigenvalue weighted by atomic mass is 32.2. The van der Waals surface area contributed by atoms with Gasteiger partial charge < -0.3 is 45.4 Å². The quantitative estimate of drug-likeness (QED) is 0.0267. The van der Waals surface area contributed by atoms with Gasteiger partial charge in [0.15, 0.2) is 11.2 Å². The van der Waals surface area contributed by atoms with Crippen molar-refractivity contribution in [1.82, 2.24) is 5.32 Å². The van der Waals surface area contributed by atoms with Crippen LogP contribution in [-0.4, -0.2) is 133 Å². The van der Waals surface area contributed by atoms with Crippen LogP contribution < -0.4 is 5.32 Å². The molecule has 2 heterocycles. The Bertz CT molecular complexity index is 2310. The molecule has 1 unspecified atom stereocenters. The van der Waals surface area contributed by atoms with Crippen molar-refractivity contribution in [1.29, 1.82) is 0 Å². The maximum atomic E-state index is 11.4. The number of nitrogens with one attached hydrogen (secondary N) is 1. The Morgan fingerprint density at radius 2 is 1.01 bits per heavy atom. The lowest BCUT2D eigenvalue weighted by atomic mass is 9.71. The van der Waals surface area contributed by atoms with Gasteiger partial charge in [0, 0.05) is 52.0 Å². The number of fused-ring (bicyclic) bond motifs is 2. The van der Waals surface area contributed by atoms with E-state index in [-0.39, 0.29) is 112 Å². The van der Waals surface area contributed by atoms with Crippen molar-refractivity contribution >= 4 is 23.3 Å². The molecule has 4 fully saturated rings. The van der Waals surface area contributed by atoms with Crippen molar-refractivity contribution in [3.63, 3.8) is 0 Å². The Morgan fingerprint density at radius 1 is 0.600 bits per heavy atom. The number of aliphatic hydroxyl groups excluding tert-OH is 4. The van der Waals surface area contributed by atoms with Crippen LogP contribution in [0.4, 0.5) is 0 Å². The van der Waals surface area contributed by atoms with Gasteiger partial charge in [0.2, 0.25) is 0 Å². The van der Waals surface area contributed by atoms with Crippen LogP contribution in [0.2, 0.25) is 0 Å². The number of hydrogen-bond donors (Lipinski definition) is 7. The summed E-state index contributed by atoms with van der Waals surface area (Å²) in [6.45, 7) is 34.3. The predicted molar refractivity (Wildman–Crippen MR) is 345 cm³/mol. The number of ether oxygens (including phenoxy) is 2. The molecule has 21 heteroatoms. The maximum absolute atomic E-state index is 11.4. The predicted octanol–water partition coefficient (Wildman–Crippen LogP) is 12.1. The van der Waals surface area contributed by atoms with Gasteiger partial charge in [-0.2, -0.15) is 4.21 Å². The van der Waals surface area contributed by atoms with Crippen molar-refractivity contribution in [2.45, 2.75) is 209 Å². The van der Waals surface area contributed by atoms with E-state index in [1.54, 1.807) is 19.1 Å².